The Morgan fingerprint density at radius 2 is 1.48 bits per heavy atom. The first kappa shape index (κ1) is 24.8. The van der Waals surface area contributed by atoms with Crippen molar-refractivity contribution in [3.8, 4) is 0 Å². The van der Waals surface area contributed by atoms with Crippen LogP contribution in [0.1, 0.15) is 59.9 Å². The van der Waals surface area contributed by atoms with E-state index in [1.807, 2.05) is 52.0 Å². The maximum absolute atomic E-state index is 9.83. The van der Waals surface area contributed by atoms with Gasteiger partial charge in [0.05, 0.1) is 0 Å². The number of aryl methyl sites for hydroxylation is 1. The van der Waals surface area contributed by atoms with E-state index in [9.17, 15) is 4.79 Å². The second-order valence-corrected chi connectivity index (χ2v) is 5.96. The zero-order valence-electron chi connectivity index (χ0n) is 14.6. The van der Waals surface area contributed by atoms with Crippen molar-refractivity contribution in [1.82, 2.24) is 0 Å². The van der Waals surface area contributed by atoms with Gasteiger partial charge in [0.15, 0.2) is 0 Å². The Balaban J connectivity index is -0.000000223. The van der Waals surface area contributed by atoms with Crippen molar-refractivity contribution in [2.45, 2.75) is 61.3 Å². The van der Waals surface area contributed by atoms with Gasteiger partial charge in [-0.05, 0) is 31.5 Å². The van der Waals surface area contributed by atoms with Crippen molar-refractivity contribution in [1.29, 1.82) is 0 Å². The molecule has 0 saturated heterocycles. The summed E-state index contributed by atoms with van der Waals surface area (Å²) in [5, 5.41) is 0.810. The molecule has 0 radical (unpaired) electrons. The third-order valence-electron chi connectivity index (χ3n) is 1.83. The first-order valence-corrected chi connectivity index (χ1v) is 7.64. The number of unbranched alkanes of at least 4 members (excludes halogenated alkanes) is 1. The van der Waals surface area contributed by atoms with Crippen LogP contribution in [0.25, 0.3) is 0 Å². The highest BCUT2D eigenvalue weighted by Crippen LogP contribution is 2.08. The van der Waals surface area contributed by atoms with Crippen LogP contribution < -0.4 is 0 Å². The van der Waals surface area contributed by atoms with Gasteiger partial charge in [0.1, 0.15) is 12.6 Å². The number of halogens is 1. The molecular formula is C18H31ClO2. The number of carbonyl (C=O) groups is 2. The van der Waals surface area contributed by atoms with Crippen LogP contribution >= 0.6 is 11.6 Å². The molecule has 0 aliphatic heterocycles. The maximum atomic E-state index is 9.83. The van der Waals surface area contributed by atoms with Gasteiger partial charge in [0.25, 0.3) is 0 Å². The number of rotatable bonds is 1. The summed E-state index contributed by atoms with van der Waals surface area (Å²) in [6, 6.07) is 7.76. The van der Waals surface area contributed by atoms with Gasteiger partial charge in [0, 0.05) is 10.4 Å². The van der Waals surface area contributed by atoms with E-state index < -0.39 is 0 Å². The Hall–Kier alpha value is -1.15. The predicted molar refractivity (Wildman–Crippen MR) is 94.0 cm³/mol. The highest BCUT2D eigenvalue weighted by Gasteiger charge is 2.04. The first-order valence-electron chi connectivity index (χ1n) is 7.26. The van der Waals surface area contributed by atoms with E-state index in [0.29, 0.717) is 0 Å². The quantitative estimate of drug-likeness (QED) is 0.605. The van der Waals surface area contributed by atoms with E-state index in [2.05, 4.69) is 13.8 Å². The average Bonchev–Trinajstić information content (AvgIpc) is 2.39. The van der Waals surface area contributed by atoms with Gasteiger partial charge < -0.3 is 9.59 Å². The molecule has 122 valence electrons. The molecule has 0 aliphatic carbocycles. The molecule has 2 nitrogen and oxygen atoms in total. The first-order chi connectivity index (χ1) is 9.68. The Bertz CT molecular complexity index is 335. The summed E-state index contributed by atoms with van der Waals surface area (Å²) in [7, 11) is 0. The maximum Gasteiger partial charge on any atom is 0.125 e. The number of aldehydes is 2. The van der Waals surface area contributed by atoms with Crippen LogP contribution in [0.5, 0.6) is 0 Å². The van der Waals surface area contributed by atoms with Gasteiger partial charge in [-0.25, -0.2) is 0 Å². The molecule has 1 aromatic rings. The van der Waals surface area contributed by atoms with E-state index in [-0.39, 0.29) is 5.41 Å². The van der Waals surface area contributed by atoms with Crippen molar-refractivity contribution >= 4 is 24.2 Å². The molecule has 0 atom stereocenters. The van der Waals surface area contributed by atoms with Gasteiger partial charge >= 0.3 is 0 Å². The second kappa shape index (κ2) is 16.9. The normalized spacial score (nSPS) is 8.76. The Labute approximate surface area is 135 Å². The molecule has 1 rings (SSSR count). The van der Waals surface area contributed by atoms with E-state index in [1.54, 1.807) is 0 Å². The molecule has 0 saturated carbocycles. The minimum absolute atomic E-state index is 0.139. The lowest BCUT2D eigenvalue weighted by atomic mass is 10.0. The predicted octanol–water partition coefficient (Wildman–Crippen LogP) is 5.89. The fourth-order valence-corrected chi connectivity index (χ4v) is 0.850. The minimum atomic E-state index is -0.139. The molecule has 0 fully saturated rings. The SMILES string of the molecule is CC(C)(C)C=O.CC=O.CCCC.Cc1cccc(Cl)c1. The molecule has 0 N–H and O–H groups in total. The lowest BCUT2D eigenvalue weighted by Gasteiger charge is -2.03. The molecule has 0 aliphatic rings. The summed E-state index contributed by atoms with van der Waals surface area (Å²) in [4.78, 5) is 18.6. The van der Waals surface area contributed by atoms with Crippen LogP contribution in [0.2, 0.25) is 5.02 Å². The summed E-state index contributed by atoms with van der Waals surface area (Å²) in [5.74, 6) is 0. The lowest BCUT2D eigenvalue weighted by molar-refractivity contribution is -0.114. The summed E-state index contributed by atoms with van der Waals surface area (Å²) in [6.07, 6.45) is 4.33. The molecule has 1 aromatic carbocycles. The Morgan fingerprint density at radius 3 is 1.62 bits per heavy atom. The van der Waals surface area contributed by atoms with Crippen LogP contribution in [-0.2, 0) is 9.59 Å². The summed E-state index contributed by atoms with van der Waals surface area (Å²) in [5.41, 5.74) is 1.07. The van der Waals surface area contributed by atoms with Gasteiger partial charge in [-0.2, -0.15) is 0 Å². The molecule has 0 spiro atoms. The van der Waals surface area contributed by atoms with E-state index in [1.165, 1.54) is 25.3 Å². The third kappa shape index (κ3) is 32.4. The monoisotopic (exact) mass is 314 g/mol. The number of benzene rings is 1. The fourth-order valence-electron chi connectivity index (χ4n) is 0.606. The molecular weight excluding hydrogens is 284 g/mol. The van der Waals surface area contributed by atoms with Crippen molar-refractivity contribution in [3.63, 3.8) is 0 Å². The van der Waals surface area contributed by atoms with E-state index in [4.69, 9.17) is 16.4 Å². The van der Waals surface area contributed by atoms with Crippen LogP contribution in [0.4, 0.5) is 0 Å². The molecule has 0 aromatic heterocycles. The van der Waals surface area contributed by atoms with E-state index >= 15 is 0 Å². The highest BCUT2D eigenvalue weighted by molar-refractivity contribution is 6.30. The van der Waals surface area contributed by atoms with Crippen molar-refractivity contribution in [2.24, 2.45) is 5.41 Å². The molecule has 3 heteroatoms. The molecule has 0 unspecified atom stereocenters. The third-order valence-corrected chi connectivity index (χ3v) is 2.07. The van der Waals surface area contributed by atoms with Gasteiger partial charge in [-0.3, -0.25) is 0 Å². The minimum Gasteiger partial charge on any atom is -0.304 e. The molecule has 0 bridgehead atoms. The van der Waals surface area contributed by atoms with E-state index in [0.717, 1.165) is 17.6 Å². The second-order valence-electron chi connectivity index (χ2n) is 5.52. The standard InChI is InChI=1S/C7H7Cl.C5H10O.C4H10.C2H4O/c1-6-3-2-4-7(8)5-6;1-5(2,3)4-6;1-3-4-2;1-2-3/h2-5H,1H3;4H,1-3H3;3-4H2,1-2H3;2H,1H3. The lowest BCUT2D eigenvalue weighted by Crippen LogP contribution is -2.04. The summed E-state index contributed by atoms with van der Waals surface area (Å²) in [6.45, 7) is 13.5. The molecule has 0 heterocycles. The molecule has 0 amide bonds. The van der Waals surface area contributed by atoms with Crippen LogP contribution in [-0.4, -0.2) is 12.6 Å². The van der Waals surface area contributed by atoms with Crippen molar-refractivity contribution < 1.29 is 9.59 Å². The topological polar surface area (TPSA) is 34.1 Å². The fraction of sp³-hybridized carbons (Fsp3) is 0.556. The number of hydrogen-bond acceptors (Lipinski definition) is 2. The smallest absolute Gasteiger partial charge is 0.125 e. The summed E-state index contributed by atoms with van der Waals surface area (Å²) < 4.78 is 0. The van der Waals surface area contributed by atoms with Crippen LogP contribution in [0, 0.1) is 12.3 Å². The highest BCUT2D eigenvalue weighted by atomic mass is 35.5. The van der Waals surface area contributed by atoms with Gasteiger partial charge in [0.2, 0.25) is 0 Å². The van der Waals surface area contributed by atoms with Gasteiger partial charge in [-0.1, -0.05) is 71.2 Å². The van der Waals surface area contributed by atoms with Crippen LogP contribution in [0.15, 0.2) is 24.3 Å². The molecule has 21 heavy (non-hydrogen) atoms. The zero-order valence-corrected chi connectivity index (χ0v) is 15.3. The zero-order chi connectivity index (χ0) is 17.3. The summed E-state index contributed by atoms with van der Waals surface area (Å²) >= 11 is 5.64. The van der Waals surface area contributed by atoms with Crippen molar-refractivity contribution in [3.05, 3.63) is 34.9 Å². The van der Waals surface area contributed by atoms with Gasteiger partial charge in [-0.15, -0.1) is 0 Å². The Morgan fingerprint density at radius 1 is 1.10 bits per heavy atom. The van der Waals surface area contributed by atoms with Crippen molar-refractivity contribution in [2.75, 3.05) is 0 Å². The Kier molecular flexibility index (Phi) is 20.0. The largest absolute Gasteiger partial charge is 0.304 e. The van der Waals surface area contributed by atoms with Crippen LogP contribution in [0.3, 0.4) is 0 Å². The number of hydrogen-bond donors (Lipinski definition) is 0. The average molecular weight is 315 g/mol. The number of carbonyl (C=O) groups excluding carboxylic acids is 2.